The highest BCUT2D eigenvalue weighted by Crippen LogP contribution is 2.45. The molecule has 1 amide bonds. The smallest absolute Gasteiger partial charge is 0.232 e. The molecule has 3 N–H and O–H groups in total. The summed E-state index contributed by atoms with van der Waals surface area (Å²) in [7, 11) is 2.02. The number of nitrogen functional groups attached to an aromatic ring is 1. The van der Waals surface area contributed by atoms with E-state index in [0.29, 0.717) is 0 Å². The van der Waals surface area contributed by atoms with Gasteiger partial charge in [0.1, 0.15) is 0 Å². The van der Waals surface area contributed by atoms with Gasteiger partial charge >= 0.3 is 0 Å². The number of benzene rings is 1. The third kappa shape index (κ3) is 1.55. The van der Waals surface area contributed by atoms with Crippen LogP contribution in [0.5, 0.6) is 0 Å². The Hall–Kier alpha value is -1.71. The summed E-state index contributed by atoms with van der Waals surface area (Å²) in [6, 6.07) is 5.69. The number of nitrogens with zero attached hydrogens (tertiary/aromatic N) is 1. The molecule has 1 aromatic rings. The number of hydrogen-bond acceptors (Lipinski definition) is 3. The maximum Gasteiger partial charge on any atom is 0.232 e. The zero-order valence-corrected chi connectivity index (χ0v) is 10.7. The van der Waals surface area contributed by atoms with Crippen LogP contribution < -0.4 is 16.0 Å². The molecule has 0 saturated heterocycles. The van der Waals surface area contributed by atoms with Gasteiger partial charge in [0.2, 0.25) is 5.91 Å². The first-order valence-corrected chi connectivity index (χ1v) is 6.53. The maximum absolute atomic E-state index is 12.5. The van der Waals surface area contributed by atoms with Crippen LogP contribution in [-0.4, -0.2) is 19.5 Å². The number of para-hydroxylation sites is 1. The zero-order chi connectivity index (χ0) is 12.8. The highest BCUT2D eigenvalue weighted by atomic mass is 16.2. The molecule has 0 atom stereocenters. The monoisotopic (exact) mass is 245 g/mol. The summed E-state index contributed by atoms with van der Waals surface area (Å²) < 4.78 is 0. The molecule has 0 aromatic heterocycles. The van der Waals surface area contributed by atoms with E-state index >= 15 is 0 Å². The predicted molar refractivity (Wildman–Crippen MR) is 73.7 cm³/mol. The third-order valence-electron chi connectivity index (χ3n) is 4.28. The van der Waals surface area contributed by atoms with Gasteiger partial charge in [-0.2, -0.15) is 0 Å². The van der Waals surface area contributed by atoms with E-state index in [9.17, 15) is 4.79 Å². The van der Waals surface area contributed by atoms with Gasteiger partial charge in [0.15, 0.2) is 0 Å². The summed E-state index contributed by atoms with van der Waals surface area (Å²) in [6.45, 7) is 0.764. The second-order valence-corrected chi connectivity index (χ2v) is 5.54. The Balaban J connectivity index is 2.06. The first-order chi connectivity index (χ1) is 8.62. The van der Waals surface area contributed by atoms with E-state index in [2.05, 4.69) is 10.2 Å². The number of carbonyl (C=O) groups excluding carboxylic acids is 1. The van der Waals surface area contributed by atoms with Crippen molar-refractivity contribution >= 4 is 23.0 Å². The number of hydrogen-bond donors (Lipinski definition) is 2. The van der Waals surface area contributed by atoms with Gasteiger partial charge in [-0.15, -0.1) is 0 Å². The molecule has 3 rings (SSSR count). The van der Waals surface area contributed by atoms with Crippen molar-refractivity contribution in [3.05, 3.63) is 18.2 Å². The van der Waals surface area contributed by atoms with E-state index in [4.69, 9.17) is 5.73 Å². The average Bonchev–Trinajstić information content (AvgIpc) is 2.74. The van der Waals surface area contributed by atoms with Crippen LogP contribution in [0.3, 0.4) is 0 Å². The molecule has 1 heterocycles. The number of nitrogens with two attached hydrogens (primary N) is 1. The minimum Gasteiger partial charge on any atom is -0.397 e. The summed E-state index contributed by atoms with van der Waals surface area (Å²) in [4.78, 5) is 14.6. The molecule has 0 radical (unpaired) electrons. The molecule has 0 bridgehead atoms. The fraction of sp³-hybridized carbons (Fsp3) is 0.500. The molecule has 4 heteroatoms. The van der Waals surface area contributed by atoms with Crippen molar-refractivity contribution in [1.82, 2.24) is 0 Å². The van der Waals surface area contributed by atoms with Gasteiger partial charge in [-0.05, 0) is 25.0 Å². The van der Waals surface area contributed by atoms with Crippen molar-refractivity contribution in [1.29, 1.82) is 0 Å². The summed E-state index contributed by atoms with van der Waals surface area (Å²) in [5, 5.41) is 3.07. The fourth-order valence-corrected chi connectivity index (χ4v) is 3.38. The van der Waals surface area contributed by atoms with E-state index in [0.717, 1.165) is 49.3 Å². The molecule has 1 aliphatic carbocycles. The molecule has 1 saturated carbocycles. The van der Waals surface area contributed by atoms with Crippen LogP contribution in [0.15, 0.2) is 18.2 Å². The van der Waals surface area contributed by atoms with Crippen molar-refractivity contribution in [2.24, 2.45) is 5.41 Å². The number of anilines is 3. The van der Waals surface area contributed by atoms with Gasteiger partial charge in [-0.3, -0.25) is 4.79 Å². The maximum atomic E-state index is 12.5. The number of nitrogens with one attached hydrogen (secondary N) is 1. The first kappa shape index (κ1) is 11.4. The molecule has 1 spiro atoms. The van der Waals surface area contributed by atoms with Gasteiger partial charge < -0.3 is 16.0 Å². The largest absolute Gasteiger partial charge is 0.397 e. The Labute approximate surface area is 107 Å². The Morgan fingerprint density at radius 1 is 1.33 bits per heavy atom. The lowest BCUT2D eigenvalue weighted by Gasteiger charge is -2.29. The van der Waals surface area contributed by atoms with Crippen LogP contribution >= 0.6 is 0 Å². The predicted octanol–water partition coefficient (Wildman–Crippen LogP) is 2.22. The van der Waals surface area contributed by atoms with Crippen molar-refractivity contribution < 1.29 is 4.79 Å². The Morgan fingerprint density at radius 2 is 2.06 bits per heavy atom. The van der Waals surface area contributed by atoms with Gasteiger partial charge in [-0.1, -0.05) is 18.9 Å². The zero-order valence-electron chi connectivity index (χ0n) is 10.7. The summed E-state index contributed by atoms with van der Waals surface area (Å²) in [6.07, 6.45) is 4.26. The summed E-state index contributed by atoms with van der Waals surface area (Å²) >= 11 is 0. The molecule has 18 heavy (non-hydrogen) atoms. The summed E-state index contributed by atoms with van der Waals surface area (Å²) in [5.74, 6) is 0.163. The molecule has 96 valence electrons. The van der Waals surface area contributed by atoms with E-state index < -0.39 is 0 Å². The molecule has 1 aromatic carbocycles. The Bertz CT molecular complexity index is 492. The van der Waals surface area contributed by atoms with Crippen LogP contribution in [0.2, 0.25) is 0 Å². The second kappa shape index (κ2) is 3.90. The topological polar surface area (TPSA) is 58.4 Å². The molecule has 1 fully saturated rings. The Kier molecular flexibility index (Phi) is 2.47. The molecule has 2 aliphatic rings. The number of amides is 1. The second-order valence-electron chi connectivity index (χ2n) is 5.54. The van der Waals surface area contributed by atoms with Crippen LogP contribution in [0.1, 0.15) is 25.7 Å². The molecular weight excluding hydrogens is 226 g/mol. The van der Waals surface area contributed by atoms with Gasteiger partial charge in [0.25, 0.3) is 0 Å². The third-order valence-corrected chi connectivity index (χ3v) is 4.28. The first-order valence-electron chi connectivity index (χ1n) is 6.53. The van der Waals surface area contributed by atoms with Crippen molar-refractivity contribution in [3.8, 4) is 0 Å². The van der Waals surface area contributed by atoms with E-state index in [1.165, 1.54) is 0 Å². The van der Waals surface area contributed by atoms with E-state index in [-0.39, 0.29) is 11.3 Å². The van der Waals surface area contributed by atoms with Gasteiger partial charge in [0, 0.05) is 13.6 Å². The number of rotatable bonds is 0. The summed E-state index contributed by atoms with van der Waals surface area (Å²) in [5.41, 5.74) is 8.34. The highest BCUT2D eigenvalue weighted by Gasteiger charge is 2.44. The number of carbonyl (C=O) groups is 1. The SMILES string of the molecule is CN1CC2(CCCC2)C(=O)Nc2cccc(N)c21. The molecule has 0 unspecified atom stereocenters. The highest BCUT2D eigenvalue weighted by molar-refractivity contribution is 6.02. The van der Waals surface area contributed by atoms with Crippen LogP contribution in [-0.2, 0) is 4.79 Å². The lowest BCUT2D eigenvalue weighted by atomic mass is 9.85. The van der Waals surface area contributed by atoms with Crippen molar-refractivity contribution in [2.45, 2.75) is 25.7 Å². The lowest BCUT2D eigenvalue weighted by Crippen LogP contribution is -2.40. The van der Waals surface area contributed by atoms with Crippen molar-refractivity contribution in [2.75, 3.05) is 29.5 Å². The van der Waals surface area contributed by atoms with Gasteiger partial charge in [-0.25, -0.2) is 0 Å². The van der Waals surface area contributed by atoms with E-state index in [1.807, 2.05) is 25.2 Å². The van der Waals surface area contributed by atoms with E-state index in [1.54, 1.807) is 0 Å². The minimum absolute atomic E-state index is 0.163. The average molecular weight is 245 g/mol. The van der Waals surface area contributed by atoms with Crippen LogP contribution in [0.25, 0.3) is 0 Å². The van der Waals surface area contributed by atoms with Crippen LogP contribution in [0.4, 0.5) is 17.1 Å². The quantitative estimate of drug-likeness (QED) is 0.689. The van der Waals surface area contributed by atoms with Crippen molar-refractivity contribution in [3.63, 3.8) is 0 Å². The van der Waals surface area contributed by atoms with Gasteiger partial charge in [0.05, 0.1) is 22.5 Å². The standard InChI is InChI=1S/C14H19N3O/c1-17-9-14(7-2-3-8-14)13(18)16-11-6-4-5-10(15)12(11)17/h4-6H,2-3,7-9,15H2,1H3,(H,16,18). The molecule has 1 aliphatic heterocycles. The fourth-order valence-electron chi connectivity index (χ4n) is 3.38. The van der Waals surface area contributed by atoms with Crippen LogP contribution in [0, 0.1) is 5.41 Å². The molecule has 4 nitrogen and oxygen atoms in total. The Morgan fingerprint density at radius 3 is 2.78 bits per heavy atom. The lowest BCUT2D eigenvalue weighted by molar-refractivity contribution is -0.124. The number of fused-ring (bicyclic) bond motifs is 1. The minimum atomic E-state index is -0.222. The normalized spacial score (nSPS) is 21.6. The molecular formula is C14H19N3O.